The van der Waals surface area contributed by atoms with Gasteiger partial charge in [-0.15, -0.1) is 0 Å². The highest BCUT2D eigenvalue weighted by atomic mass is 32.2. The molecular formula is C12H16N4OS. The van der Waals surface area contributed by atoms with Crippen molar-refractivity contribution >= 4 is 22.8 Å². The molecule has 1 aliphatic heterocycles. The zero-order valence-electron chi connectivity index (χ0n) is 10.4. The van der Waals surface area contributed by atoms with Crippen molar-refractivity contribution in [1.29, 1.82) is 0 Å². The third-order valence-corrected chi connectivity index (χ3v) is 4.20. The number of amidine groups is 1. The molecule has 6 heteroatoms. The number of rotatable bonds is 1. The Hall–Kier alpha value is -1.30. The number of aromatic amines is 1. The van der Waals surface area contributed by atoms with E-state index >= 15 is 0 Å². The number of fused-ring (bicyclic) bond motifs is 1. The second-order valence-electron chi connectivity index (χ2n) is 4.56. The summed E-state index contributed by atoms with van der Waals surface area (Å²) in [6.45, 7) is 1.38. The number of aryl methyl sites for hydroxylation is 1. The number of nitrogens with zero attached hydrogens (tertiary/aromatic N) is 3. The van der Waals surface area contributed by atoms with Crippen molar-refractivity contribution in [3.05, 3.63) is 17.0 Å². The van der Waals surface area contributed by atoms with Gasteiger partial charge < -0.3 is 0 Å². The average molecular weight is 264 g/mol. The molecule has 0 atom stereocenters. The second-order valence-corrected chi connectivity index (χ2v) is 5.34. The molecule has 0 radical (unpaired) electrons. The van der Waals surface area contributed by atoms with Crippen LogP contribution in [0.5, 0.6) is 0 Å². The lowest BCUT2D eigenvalue weighted by molar-refractivity contribution is 0.0854. The molecule has 2 heterocycles. The molecule has 0 saturated carbocycles. The molecule has 1 amide bonds. The Balaban J connectivity index is 1.89. The zero-order chi connectivity index (χ0) is 12.5. The molecule has 0 fully saturated rings. The Kier molecular flexibility index (Phi) is 3.11. The first kappa shape index (κ1) is 11.8. The molecule has 3 rings (SSSR count). The van der Waals surface area contributed by atoms with E-state index in [1.165, 1.54) is 18.2 Å². The summed E-state index contributed by atoms with van der Waals surface area (Å²) < 4.78 is 0. The van der Waals surface area contributed by atoms with Gasteiger partial charge in [0.25, 0.3) is 5.91 Å². The molecule has 1 aliphatic carbocycles. The topological polar surface area (TPSA) is 61.4 Å². The predicted octanol–water partition coefficient (Wildman–Crippen LogP) is 1.46. The van der Waals surface area contributed by atoms with E-state index in [2.05, 4.69) is 15.2 Å². The van der Waals surface area contributed by atoms with Crippen molar-refractivity contribution in [1.82, 2.24) is 15.1 Å². The molecule has 0 saturated heterocycles. The van der Waals surface area contributed by atoms with Gasteiger partial charge in [0.15, 0.2) is 10.9 Å². The van der Waals surface area contributed by atoms with Crippen molar-refractivity contribution < 1.29 is 4.79 Å². The number of nitrogens with one attached hydrogen (secondary N) is 1. The first-order chi connectivity index (χ1) is 8.81. The smallest absolute Gasteiger partial charge is 0.280 e. The fourth-order valence-electron chi connectivity index (χ4n) is 2.58. The Morgan fingerprint density at radius 1 is 1.39 bits per heavy atom. The summed E-state index contributed by atoms with van der Waals surface area (Å²) in [5.41, 5.74) is 2.87. The van der Waals surface area contributed by atoms with Gasteiger partial charge in [-0.05, 0) is 31.9 Å². The lowest BCUT2D eigenvalue weighted by atomic mass is 9.95. The van der Waals surface area contributed by atoms with Gasteiger partial charge in [0.1, 0.15) is 0 Å². The number of hydrogen-bond acceptors (Lipinski definition) is 4. The number of carbonyl (C=O) groups is 1. The summed E-state index contributed by atoms with van der Waals surface area (Å²) in [7, 11) is 0. The van der Waals surface area contributed by atoms with Crippen molar-refractivity contribution in [2.45, 2.75) is 25.7 Å². The zero-order valence-corrected chi connectivity index (χ0v) is 11.2. The number of aliphatic imine (C=N–C) groups is 1. The van der Waals surface area contributed by atoms with Gasteiger partial charge >= 0.3 is 0 Å². The molecule has 18 heavy (non-hydrogen) atoms. The number of thioether (sulfide) groups is 1. The van der Waals surface area contributed by atoms with Crippen molar-refractivity contribution in [2.75, 3.05) is 19.3 Å². The van der Waals surface area contributed by atoms with Crippen molar-refractivity contribution in [3.8, 4) is 0 Å². The van der Waals surface area contributed by atoms with Gasteiger partial charge in [0, 0.05) is 17.8 Å². The third kappa shape index (κ3) is 1.84. The lowest BCUT2D eigenvalue weighted by Crippen LogP contribution is -2.33. The lowest BCUT2D eigenvalue weighted by Gasteiger charge is -2.17. The normalized spacial score (nSPS) is 18.7. The number of H-pyrrole nitrogens is 1. The van der Waals surface area contributed by atoms with Crippen molar-refractivity contribution in [3.63, 3.8) is 0 Å². The maximum absolute atomic E-state index is 12.5. The molecule has 0 aromatic carbocycles. The van der Waals surface area contributed by atoms with E-state index in [9.17, 15) is 4.79 Å². The fourth-order valence-corrected chi connectivity index (χ4v) is 3.19. The first-order valence-corrected chi connectivity index (χ1v) is 7.50. The molecule has 0 unspecified atom stereocenters. The Morgan fingerprint density at radius 3 is 3.06 bits per heavy atom. The van der Waals surface area contributed by atoms with E-state index in [-0.39, 0.29) is 5.91 Å². The largest absolute Gasteiger partial charge is 0.284 e. The standard InChI is InChI=1S/C12H16N4OS/c1-18-12-13-6-7-16(12)11(17)10-8-4-2-3-5-9(8)14-15-10/h2-7H2,1H3,(H,14,15). The quantitative estimate of drug-likeness (QED) is 0.835. The van der Waals surface area contributed by atoms with E-state index in [1.54, 1.807) is 4.90 Å². The van der Waals surface area contributed by atoms with Crippen LogP contribution in [0, 0.1) is 0 Å². The van der Waals surface area contributed by atoms with Gasteiger partial charge in [-0.25, -0.2) is 0 Å². The molecule has 2 aliphatic rings. The van der Waals surface area contributed by atoms with Crippen LogP contribution in [0.1, 0.15) is 34.6 Å². The predicted molar refractivity (Wildman–Crippen MR) is 72.1 cm³/mol. The average Bonchev–Trinajstić information content (AvgIpc) is 3.04. The number of amides is 1. The van der Waals surface area contributed by atoms with Gasteiger partial charge in [-0.1, -0.05) is 11.8 Å². The number of carbonyl (C=O) groups excluding carboxylic acids is 1. The summed E-state index contributed by atoms with van der Waals surface area (Å²) in [5.74, 6) is 0.000000000000000222. The minimum absolute atomic E-state index is 0.000000000000000222. The molecule has 1 aromatic rings. The van der Waals surface area contributed by atoms with Crippen molar-refractivity contribution in [2.24, 2.45) is 4.99 Å². The third-order valence-electron chi connectivity index (χ3n) is 3.49. The maximum atomic E-state index is 12.5. The summed E-state index contributed by atoms with van der Waals surface area (Å²) in [6, 6.07) is 0. The Morgan fingerprint density at radius 2 is 2.22 bits per heavy atom. The summed E-state index contributed by atoms with van der Waals surface area (Å²) in [5, 5.41) is 8.06. The van der Waals surface area contributed by atoms with Crippen LogP contribution in [-0.4, -0.2) is 45.5 Å². The number of hydrogen-bond donors (Lipinski definition) is 1. The minimum atomic E-state index is 0.000000000000000222. The van der Waals surface area contributed by atoms with Crippen LogP contribution in [0.25, 0.3) is 0 Å². The molecular weight excluding hydrogens is 248 g/mol. The van der Waals surface area contributed by atoms with Crippen LogP contribution < -0.4 is 0 Å². The highest BCUT2D eigenvalue weighted by Gasteiger charge is 2.29. The molecule has 0 spiro atoms. The second kappa shape index (κ2) is 4.76. The van der Waals surface area contributed by atoms with Crippen LogP contribution in [0.15, 0.2) is 4.99 Å². The van der Waals surface area contributed by atoms with Gasteiger partial charge in [0.05, 0.1) is 6.54 Å². The van der Waals surface area contributed by atoms with E-state index in [0.717, 1.165) is 35.7 Å². The highest BCUT2D eigenvalue weighted by molar-refractivity contribution is 8.13. The molecule has 1 N–H and O–H groups in total. The highest BCUT2D eigenvalue weighted by Crippen LogP contribution is 2.24. The Labute approximate surface area is 110 Å². The maximum Gasteiger partial charge on any atom is 0.280 e. The summed E-state index contributed by atoms with van der Waals surface area (Å²) >= 11 is 1.52. The summed E-state index contributed by atoms with van der Waals surface area (Å²) in [4.78, 5) is 18.6. The Bertz CT molecular complexity index is 508. The van der Waals surface area contributed by atoms with E-state index < -0.39 is 0 Å². The minimum Gasteiger partial charge on any atom is -0.284 e. The summed E-state index contributed by atoms with van der Waals surface area (Å²) in [6.07, 6.45) is 6.26. The fraction of sp³-hybridized carbons (Fsp3) is 0.583. The van der Waals surface area contributed by atoms with Crippen LogP contribution in [0.2, 0.25) is 0 Å². The molecule has 1 aromatic heterocycles. The van der Waals surface area contributed by atoms with Crippen LogP contribution in [-0.2, 0) is 12.8 Å². The van der Waals surface area contributed by atoms with E-state index in [0.29, 0.717) is 18.8 Å². The van der Waals surface area contributed by atoms with Crippen LogP contribution in [0.3, 0.4) is 0 Å². The van der Waals surface area contributed by atoms with E-state index in [1.807, 2.05) is 6.26 Å². The van der Waals surface area contributed by atoms with Gasteiger partial charge in [-0.3, -0.25) is 19.8 Å². The molecule has 96 valence electrons. The monoisotopic (exact) mass is 264 g/mol. The van der Waals surface area contributed by atoms with Gasteiger partial charge in [0.2, 0.25) is 0 Å². The van der Waals surface area contributed by atoms with Gasteiger partial charge in [-0.2, -0.15) is 5.10 Å². The van der Waals surface area contributed by atoms with Crippen LogP contribution >= 0.6 is 11.8 Å². The van der Waals surface area contributed by atoms with E-state index in [4.69, 9.17) is 0 Å². The molecule has 0 bridgehead atoms. The number of aromatic nitrogens is 2. The first-order valence-electron chi connectivity index (χ1n) is 6.27. The molecule has 5 nitrogen and oxygen atoms in total. The van der Waals surface area contributed by atoms with Crippen LogP contribution in [0.4, 0.5) is 0 Å². The SMILES string of the molecule is CSC1=NCCN1C(=O)c1n[nH]c2c1CCCC2.